The van der Waals surface area contributed by atoms with E-state index < -0.39 is 6.10 Å². The van der Waals surface area contributed by atoms with Gasteiger partial charge in [-0.3, -0.25) is 0 Å². The van der Waals surface area contributed by atoms with E-state index >= 15 is 0 Å². The highest BCUT2D eigenvalue weighted by Gasteiger charge is 2.12. The van der Waals surface area contributed by atoms with Gasteiger partial charge in [-0.15, -0.1) is 12.4 Å². The Kier molecular flexibility index (Phi) is 7.35. The van der Waals surface area contributed by atoms with Crippen LogP contribution in [0.25, 0.3) is 0 Å². The van der Waals surface area contributed by atoms with E-state index in [0.717, 1.165) is 18.6 Å². The van der Waals surface area contributed by atoms with Crippen LogP contribution in [-0.4, -0.2) is 30.4 Å². The monoisotopic (exact) mass is 299 g/mol. The molecule has 1 aliphatic rings. The fourth-order valence-corrected chi connectivity index (χ4v) is 2.37. The second-order valence-electron chi connectivity index (χ2n) is 5.47. The summed E-state index contributed by atoms with van der Waals surface area (Å²) in [7, 11) is 0. The van der Waals surface area contributed by atoms with Gasteiger partial charge in [0.15, 0.2) is 0 Å². The maximum Gasteiger partial charge on any atom is 0.119 e. The van der Waals surface area contributed by atoms with Crippen molar-refractivity contribution in [3.05, 3.63) is 29.3 Å². The Hall–Kier alpha value is -0.770. The second kappa shape index (κ2) is 8.50. The molecule has 2 rings (SSSR count). The van der Waals surface area contributed by atoms with Crippen molar-refractivity contribution in [2.75, 3.05) is 13.2 Å². The van der Waals surface area contributed by atoms with E-state index in [1.54, 1.807) is 0 Å². The molecule has 0 heterocycles. The van der Waals surface area contributed by atoms with Gasteiger partial charge in [0.2, 0.25) is 0 Å². The van der Waals surface area contributed by atoms with Crippen molar-refractivity contribution in [3.8, 4) is 5.75 Å². The molecule has 0 saturated carbocycles. The number of aliphatic hydroxyl groups excluding tert-OH is 1. The van der Waals surface area contributed by atoms with Crippen molar-refractivity contribution < 1.29 is 9.84 Å². The Morgan fingerprint density at radius 2 is 2.05 bits per heavy atom. The summed E-state index contributed by atoms with van der Waals surface area (Å²) in [6.45, 7) is 5.18. The van der Waals surface area contributed by atoms with Gasteiger partial charge in [0.05, 0.1) is 0 Å². The first-order chi connectivity index (χ1) is 9.19. The van der Waals surface area contributed by atoms with Crippen LogP contribution < -0.4 is 10.1 Å². The minimum atomic E-state index is -0.456. The number of ether oxygens (including phenoxy) is 1. The van der Waals surface area contributed by atoms with Crippen LogP contribution in [-0.2, 0) is 12.8 Å². The lowest BCUT2D eigenvalue weighted by molar-refractivity contribution is 0.104. The van der Waals surface area contributed by atoms with Crippen LogP contribution in [0.4, 0.5) is 0 Å². The number of rotatable bonds is 7. The molecule has 4 heteroatoms. The molecule has 2 atom stereocenters. The molecule has 3 nitrogen and oxygen atoms in total. The van der Waals surface area contributed by atoms with Gasteiger partial charge < -0.3 is 15.2 Å². The lowest BCUT2D eigenvalue weighted by Crippen LogP contribution is -2.36. The Balaban J connectivity index is 0.00000200. The Morgan fingerprint density at radius 1 is 1.30 bits per heavy atom. The van der Waals surface area contributed by atoms with E-state index in [-0.39, 0.29) is 12.4 Å². The van der Waals surface area contributed by atoms with Gasteiger partial charge in [-0.2, -0.15) is 0 Å². The molecule has 1 aromatic carbocycles. The summed E-state index contributed by atoms with van der Waals surface area (Å²) < 4.78 is 5.67. The summed E-state index contributed by atoms with van der Waals surface area (Å²) >= 11 is 0. The molecule has 1 aromatic rings. The van der Waals surface area contributed by atoms with Crippen LogP contribution in [0.3, 0.4) is 0 Å². The maximum atomic E-state index is 9.86. The van der Waals surface area contributed by atoms with Crippen LogP contribution in [0.5, 0.6) is 5.75 Å². The zero-order chi connectivity index (χ0) is 13.7. The van der Waals surface area contributed by atoms with Gasteiger partial charge in [-0.05, 0) is 55.9 Å². The summed E-state index contributed by atoms with van der Waals surface area (Å²) in [5, 5.41) is 13.1. The number of nitrogens with one attached hydrogen (secondary N) is 1. The average Bonchev–Trinajstić information content (AvgIpc) is 2.89. The number of hydrogen-bond acceptors (Lipinski definition) is 3. The average molecular weight is 300 g/mol. The first kappa shape index (κ1) is 17.3. The van der Waals surface area contributed by atoms with E-state index in [1.165, 1.54) is 24.0 Å². The summed E-state index contributed by atoms with van der Waals surface area (Å²) in [6.07, 6.45) is 4.21. The molecular weight excluding hydrogens is 274 g/mol. The fourth-order valence-electron chi connectivity index (χ4n) is 2.37. The van der Waals surface area contributed by atoms with Gasteiger partial charge >= 0.3 is 0 Å². The number of fused-ring (bicyclic) bond motifs is 1. The Bertz CT molecular complexity index is 411. The van der Waals surface area contributed by atoms with Crippen LogP contribution in [0.1, 0.15) is 37.8 Å². The molecule has 0 radical (unpaired) electrons. The molecule has 2 N–H and O–H groups in total. The van der Waals surface area contributed by atoms with Gasteiger partial charge in [0.25, 0.3) is 0 Å². The lowest BCUT2D eigenvalue weighted by Gasteiger charge is -2.16. The minimum absolute atomic E-state index is 0. The van der Waals surface area contributed by atoms with Crippen LogP contribution >= 0.6 is 12.4 Å². The molecular formula is C16H26ClNO2. The van der Waals surface area contributed by atoms with E-state index in [1.807, 2.05) is 6.07 Å². The molecule has 2 unspecified atom stereocenters. The van der Waals surface area contributed by atoms with Crippen LogP contribution in [0.2, 0.25) is 0 Å². The molecule has 1 aliphatic carbocycles. The number of aliphatic hydroxyl groups is 1. The summed E-state index contributed by atoms with van der Waals surface area (Å²) in [6, 6.07) is 6.73. The van der Waals surface area contributed by atoms with Crippen molar-refractivity contribution in [3.63, 3.8) is 0 Å². The molecule has 114 valence electrons. The third kappa shape index (κ3) is 4.97. The SMILES string of the molecule is CCC(C)NCC(O)COc1ccc2c(c1)CCC2.Cl. The van der Waals surface area contributed by atoms with Crippen molar-refractivity contribution in [1.82, 2.24) is 5.32 Å². The smallest absolute Gasteiger partial charge is 0.119 e. The molecule has 20 heavy (non-hydrogen) atoms. The minimum Gasteiger partial charge on any atom is -0.491 e. The largest absolute Gasteiger partial charge is 0.491 e. The third-order valence-electron chi connectivity index (χ3n) is 3.83. The summed E-state index contributed by atoms with van der Waals surface area (Å²) in [5.74, 6) is 0.878. The number of aryl methyl sites for hydroxylation is 2. The van der Waals surface area contributed by atoms with Crippen molar-refractivity contribution >= 4 is 12.4 Å². The second-order valence-corrected chi connectivity index (χ2v) is 5.47. The number of halogens is 1. The molecule has 0 amide bonds. The van der Waals surface area contributed by atoms with Gasteiger partial charge in [0, 0.05) is 12.6 Å². The van der Waals surface area contributed by atoms with Crippen molar-refractivity contribution in [2.24, 2.45) is 0 Å². The van der Waals surface area contributed by atoms with E-state index in [0.29, 0.717) is 19.2 Å². The first-order valence-corrected chi connectivity index (χ1v) is 7.35. The van der Waals surface area contributed by atoms with E-state index in [2.05, 4.69) is 31.3 Å². The number of benzene rings is 1. The number of hydrogen-bond donors (Lipinski definition) is 2. The maximum absolute atomic E-state index is 9.86. The van der Waals surface area contributed by atoms with Crippen molar-refractivity contribution in [1.29, 1.82) is 0 Å². The van der Waals surface area contributed by atoms with Gasteiger partial charge in [-0.25, -0.2) is 0 Å². The molecule has 0 aromatic heterocycles. The topological polar surface area (TPSA) is 41.5 Å². The first-order valence-electron chi connectivity index (χ1n) is 7.35. The predicted molar refractivity (Wildman–Crippen MR) is 85.0 cm³/mol. The molecule has 0 aliphatic heterocycles. The highest BCUT2D eigenvalue weighted by molar-refractivity contribution is 5.85. The highest BCUT2D eigenvalue weighted by atomic mass is 35.5. The van der Waals surface area contributed by atoms with E-state index in [9.17, 15) is 5.11 Å². The fraction of sp³-hybridized carbons (Fsp3) is 0.625. The predicted octanol–water partition coefficient (Wildman–Crippen LogP) is 2.72. The molecule has 0 saturated heterocycles. The third-order valence-corrected chi connectivity index (χ3v) is 3.83. The van der Waals surface area contributed by atoms with Gasteiger partial charge in [0.1, 0.15) is 18.5 Å². The zero-order valence-corrected chi connectivity index (χ0v) is 13.2. The Morgan fingerprint density at radius 3 is 2.80 bits per heavy atom. The van der Waals surface area contributed by atoms with Crippen LogP contribution in [0.15, 0.2) is 18.2 Å². The normalized spacial score (nSPS) is 16.1. The lowest BCUT2D eigenvalue weighted by atomic mass is 10.1. The highest BCUT2D eigenvalue weighted by Crippen LogP contribution is 2.25. The Labute approximate surface area is 128 Å². The molecule has 0 fully saturated rings. The molecule has 0 bridgehead atoms. The van der Waals surface area contributed by atoms with Crippen LogP contribution in [0, 0.1) is 0 Å². The van der Waals surface area contributed by atoms with E-state index in [4.69, 9.17) is 4.74 Å². The molecule has 0 spiro atoms. The quantitative estimate of drug-likeness (QED) is 0.813. The standard InChI is InChI=1S/C16H25NO2.ClH/c1-3-12(2)17-10-15(18)11-19-16-8-7-13-5-4-6-14(13)9-16;/h7-9,12,15,17-18H,3-6,10-11H2,1-2H3;1H. The van der Waals surface area contributed by atoms with Crippen molar-refractivity contribution in [2.45, 2.75) is 51.7 Å². The summed E-state index contributed by atoms with van der Waals surface area (Å²) in [5.41, 5.74) is 2.86. The van der Waals surface area contributed by atoms with Gasteiger partial charge in [-0.1, -0.05) is 13.0 Å². The zero-order valence-electron chi connectivity index (χ0n) is 12.4. The summed E-state index contributed by atoms with van der Waals surface area (Å²) in [4.78, 5) is 0.